The maximum Gasteiger partial charge on any atom is 0.138 e. The smallest absolute Gasteiger partial charge is 0.138 e. The van der Waals surface area contributed by atoms with Crippen LogP contribution in [0.1, 0.15) is 30.5 Å². The van der Waals surface area contributed by atoms with Crippen molar-refractivity contribution < 1.29 is 0 Å². The number of aryl methyl sites for hydroxylation is 2. The van der Waals surface area contributed by atoms with Crippen molar-refractivity contribution >= 4 is 33.1 Å². The number of nitrogens with two attached hydrogens (primary N) is 1. The molecule has 5 N–H and O–H groups in total. The number of para-hydroxylation sites is 1. The van der Waals surface area contributed by atoms with E-state index in [2.05, 4.69) is 45.9 Å². The molecule has 0 fully saturated rings. The normalized spacial score (nSPS) is 11.6. The minimum absolute atomic E-state index is 0.814. The van der Waals surface area contributed by atoms with Gasteiger partial charge in [-0.05, 0) is 38.0 Å². The molecule has 0 aliphatic rings. The van der Waals surface area contributed by atoms with E-state index in [1.807, 2.05) is 36.5 Å². The van der Waals surface area contributed by atoms with E-state index in [0.717, 1.165) is 59.1 Å². The fraction of sp³-hybridized carbons (Fsp3) is 0.300. The summed E-state index contributed by atoms with van der Waals surface area (Å²) in [7, 11) is 0. The second kappa shape index (κ2) is 9.34. The van der Waals surface area contributed by atoms with Crippen molar-refractivity contribution in [3.05, 3.63) is 59.0 Å². The summed E-state index contributed by atoms with van der Waals surface area (Å²) in [6.45, 7) is 5.00. The van der Waals surface area contributed by atoms with E-state index in [-0.39, 0.29) is 0 Å². The first-order valence-electron chi connectivity index (χ1n) is 9.17. The molecule has 0 atom stereocenters. The molecule has 0 aliphatic carbocycles. The van der Waals surface area contributed by atoms with Crippen LogP contribution in [-0.2, 0) is 6.42 Å². The predicted octanol–water partition coefficient (Wildman–Crippen LogP) is 4.17. The average molecular weight is 383 g/mol. The maximum absolute atomic E-state index is 5.65. The van der Waals surface area contributed by atoms with Crippen molar-refractivity contribution in [1.29, 1.82) is 0 Å². The van der Waals surface area contributed by atoms with Gasteiger partial charge in [-0.2, -0.15) is 0 Å². The van der Waals surface area contributed by atoms with E-state index < -0.39 is 0 Å². The molecule has 142 valence electrons. The second-order valence-corrected chi connectivity index (χ2v) is 7.51. The van der Waals surface area contributed by atoms with Gasteiger partial charge < -0.3 is 16.1 Å². The van der Waals surface area contributed by atoms with Crippen molar-refractivity contribution in [1.82, 2.24) is 15.4 Å². The SMILES string of the molecule is CCc1nc(NCCC/C(=C/Nc2ccccc2)NN)c2cc(C)sc2n1. The van der Waals surface area contributed by atoms with E-state index in [1.165, 1.54) is 4.88 Å². The highest BCUT2D eigenvalue weighted by Crippen LogP contribution is 2.28. The Morgan fingerprint density at radius 2 is 2.04 bits per heavy atom. The van der Waals surface area contributed by atoms with Gasteiger partial charge in [0.1, 0.15) is 16.5 Å². The predicted molar refractivity (Wildman–Crippen MR) is 115 cm³/mol. The minimum atomic E-state index is 0.814. The Kier molecular flexibility index (Phi) is 6.62. The number of aromatic nitrogens is 2. The highest BCUT2D eigenvalue weighted by molar-refractivity contribution is 7.18. The van der Waals surface area contributed by atoms with E-state index in [0.29, 0.717) is 0 Å². The quantitative estimate of drug-likeness (QED) is 0.252. The molecule has 0 saturated heterocycles. The zero-order chi connectivity index (χ0) is 19.1. The second-order valence-electron chi connectivity index (χ2n) is 6.27. The van der Waals surface area contributed by atoms with Gasteiger partial charge in [0.15, 0.2) is 0 Å². The van der Waals surface area contributed by atoms with Crippen LogP contribution in [0.5, 0.6) is 0 Å². The van der Waals surface area contributed by atoms with Crippen LogP contribution >= 0.6 is 11.3 Å². The lowest BCUT2D eigenvalue weighted by Crippen LogP contribution is -2.22. The summed E-state index contributed by atoms with van der Waals surface area (Å²) in [5.41, 5.74) is 4.76. The molecule has 0 spiro atoms. The molecule has 0 saturated carbocycles. The molecule has 0 bridgehead atoms. The lowest BCUT2D eigenvalue weighted by Gasteiger charge is -2.10. The van der Waals surface area contributed by atoms with Crippen molar-refractivity contribution in [3.63, 3.8) is 0 Å². The van der Waals surface area contributed by atoms with Crippen LogP contribution in [0.2, 0.25) is 0 Å². The molecule has 7 heteroatoms. The summed E-state index contributed by atoms with van der Waals surface area (Å²) in [6.07, 6.45) is 4.51. The lowest BCUT2D eigenvalue weighted by atomic mass is 10.2. The molecule has 0 aliphatic heterocycles. The third-order valence-corrected chi connectivity index (χ3v) is 5.11. The van der Waals surface area contributed by atoms with Gasteiger partial charge in [-0.15, -0.1) is 11.3 Å². The Balaban J connectivity index is 1.57. The summed E-state index contributed by atoms with van der Waals surface area (Å²) in [5.74, 6) is 7.45. The third-order valence-electron chi connectivity index (χ3n) is 4.17. The lowest BCUT2D eigenvalue weighted by molar-refractivity contribution is 0.751. The summed E-state index contributed by atoms with van der Waals surface area (Å²) in [5, 5.41) is 7.83. The third kappa shape index (κ3) is 5.18. The van der Waals surface area contributed by atoms with Gasteiger partial charge in [0.25, 0.3) is 0 Å². The monoisotopic (exact) mass is 382 g/mol. The first kappa shape index (κ1) is 19.1. The molecule has 2 aromatic heterocycles. The number of nitrogens with one attached hydrogen (secondary N) is 3. The number of benzene rings is 1. The molecule has 1 aromatic carbocycles. The molecular weight excluding hydrogens is 356 g/mol. The van der Waals surface area contributed by atoms with Crippen LogP contribution in [0.15, 0.2) is 48.3 Å². The van der Waals surface area contributed by atoms with Crippen LogP contribution in [0.3, 0.4) is 0 Å². The number of thiophene rings is 1. The van der Waals surface area contributed by atoms with Crippen molar-refractivity contribution in [2.75, 3.05) is 17.2 Å². The van der Waals surface area contributed by atoms with E-state index in [9.17, 15) is 0 Å². The van der Waals surface area contributed by atoms with E-state index in [4.69, 9.17) is 5.84 Å². The topological polar surface area (TPSA) is 87.9 Å². The maximum atomic E-state index is 5.65. The first-order valence-corrected chi connectivity index (χ1v) is 9.99. The largest absolute Gasteiger partial charge is 0.369 e. The number of allylic oxidation sites excluding steroid dienone is 1. The van der Waals surface area contributed by atoms with Gasteiger partial charge in [0.05, 0.1) is 5.39 Å². The van der Waals surface area contributed by atoms with Gasteiger partial charge in [0.2, 0.25) is 0 Å². The Morgan fingerprint density at radius 3 is 2.78 bits per heavy atom. The van der Waals surface area contributed by atoms with E-state index in [1.54, 1.807) is 11.3 Å². The Bertz CT molecular complexity index is 903. The standard InChI is InChI=1S/C20H26N6S/c1-3-18-24-19(17-12-14(2)27-20(17)25-18)22-11-7-10-16(26-21)13-23-15-8-5-4-6-9-15/h4-6,8-9,12-13,23,26H,3,7,10-11,21H2,1-2H3,(H,22,24,25)/b16-13-. The van der Waals surface area contributed by atoms with Crippen molar-refractivity contribution in [3.8, 4) is 0 Å². The van der Waals surface area contributed by atoms with Gasteiger partial charge in [-0.1, -0.05) is 25.1 Å². The van der Waals surface area contributed by atoms with Gasteiger partial charge in [-0.3, -0.25) is 5.84 Å². The summed E-state index contributed by atoms with van der Waals surface area (Å²) in [4.78, 5) is 11.6. The van der Waals surface area contributed by atoms with Crippen LogP contribution < -0.4 is 21.9 Å². The van der Waals surface area contributed by atoms with Crippen molar-refractivity contribution in [2.24, 2.45) is 5.84 Å². The molecule has 27 heavy (non-hydrogen) atoms. The highest BCUT2D eigenvalue weighted by Gasteiger charge is 2.09. The molecule has 0 unspecified atom stereocenters. The summed E-state index contributed by atoms with van der Waals surface area (Å²) in [6, 6.07) is 12.2. The number of hydrogen-bond acceptors (Lipinski definition) is 7. The minimum Gasteiger partial charge on any atom is -0.369 e. The van der Waals surface area contributed by atoms with Crippen LogP contribution in [-0.4, -0.2) is 16.5 Å². The zero-order valence-electron chi connectivity index (χ0n) is 15.7. The van der Waals surface area contributed by atoms with E-state index >= 15 is 0 Å². The Labute approximate surface area is 163 Å². The van der Waals surface area contributed by atoms with Gasteiger partial charge >= 0.3 is 0 Å². The van der Waals surface area contributed by atoms with Crippen LogP contribution in [0.25, 0.3) is 10.2 Å². The first-order chi connectivity index (χ1) is 13.2. The fourth-order valence-corrected chi connectivity index (χ4v) is 3.65. The molecule has 3 rings (SSSR count). The number of rotatable bonds is 9. The number of hydrazine groups is 1. The van der Waals surface area contributed by atoms with Gasteiger partial charge in [-0.25, -0.2) is 9.97 Å². The molecular formula is C20H26N6S. The number of nitrogens with zero attached hydrogens (tertiary/aromatic N) is 2. The number of anilines is 2. The molecule has 2 heterocycles. The Hall–Kier alpha value is -2.64. The summed E-state index contributed by atoms with van der Waals surface area (Å²) < 4.78 is 0. The molecule has 6 nitrogen and oxygen atoms in total. The summed E-state index contributed by atoms with van der Waals surface area (Å²) >= 11 is 1.71. The van der Waals surface area contributed by atoms with Crippen LogP contribution in [0, 0.1) is 6.92 Å². The fourth-order valence-electron chi connectivity index (χ4n) is 2.76. The average Bonchev–Trinajstić information content (AvgIpc) is 3.08. The molecule has 3 aromatic rings. The van der Waals surface area contributed by atoms with Crippen LogP contribution in [0.4, 0.5) is 11.5 Å². The zero-order valence-corrected chi connectivity index (χ0v) is 16.6. The number of hydrogen-bond donors (Lipinski definition) is 4. The molecule has 0 amide bonds. The highest BCUT2D eigenvalue weighted by atomic mass is 32.1. The Morgan fingerprint density at radius 1 is 1.22 bits per heavy atom. The van der Waals surface area contributed by atoms with Crippen molar-refractivity contribution in [2.45, 2.75) is 33.1 Å². The number of fused-ring (bicyclic) bond motifs is 1. The molecule has 0 radical (unpaired) electrons. The van der Waals surface area contributed by atoms with Gasteiger partial charge in [0, 0.05) is 35.4 Å².